The predicted octanol–water partition coefficient (Wildman–Crippen LogP) is 5.41. The van der Waals surface area contributed by atoms with Gasteiger partial charge in [-0.05, 0) is 56.7 Å². The number of benzene rings is 3. The first-order chi connectivity index (χ1) is 17.1. The molecule has 37 heavy (non-hydrogen) atoms. The molecule has 0 aliphatic heterocycles. The Morgan fingerprint density at radius 3 is 2.35 bits per heavy atom. The Morgan fingerprint density at radius 2 is 1.76 bits per heavy atom. The van der Waals surface area contributed by atoms with E-state index in [1.165, 1.54) is 12.3 Å². The summed E-state index contributed by atoms with van der Waals surface area (Å²) in [7, 11) is -4.52. The quantitative estimate of drug-likeness (QED) is 0.107. The summed E-state index contributed by atoms with van der Waals surface area (Å²) in [6, 6.07) is 14.8. The summed E-state index contributed by atoms with van der Waals surface area (Å²) in [5, 5.41) is 8.97. The van der Waals surface area contributed by atoms with E-state index < -0.39 is 10.1 Å². The van der Waals surface area contributed by atoms with E-state index in [0.717, 1.165) is 11.8 Å². The van der Waals surface area contributed by atoms with E-state index >= 15 is 0 Å². The van der Waals surface area contributed by atoms with Crippen LogP contribution in [0.25, 0.3) is 22.0 Å². The van der Waals surface area contributed by atoms with Crippen molar-refractivity contribution in [3.8, 4) is 17.0 Å². The molecule has 1 heterocycles. The number of aryl methyl sites for hydroxylation is 1. The van der Waals surface area contributed by atoms with E-state index in [4.69, 9.17) is 10.5 Å². The number of carbonyl (C=O) groups excluding carboxylic acids is 1. The Bertz CT molecular complexity index is 1600. The molecule has 0 saturated heterocycles. The van der Waals surface area contributed by atoms with Crippen molar-refractivity contribution in [3.05, 3.63) is 71.9 Å². The van der Waals surface area contributed by atoms with Gasteiger partial charge < -0.3 is 10.5 Å². The monoisotopic (exact) mass is 528 g/mol. The molecule has 4 aromatic rings. The Hall–Kier alpha value is -3.15. The van der Waals surface area contributed by atoms with Crippen molar-refractivity contribution in [2.45, 2.75) is 31.8 Å². The van der Waals surface area contributed by atoms with Crippen molar-refractivity contribution in [1.82, 2.24) is 4.98 Å². The van der Waals surface area contributed by atoms with Crippen LogP contribution in [-0.4, -0.2) is 59.9 Å². The van der Waals surface area contributed by atoms with Crippen LogP contribution in [0.5, 0.6) is 5.75 Å². The van der Waals surface area contributed by atoms with Gasteiger partial charge in [-0.1, -0.05) is 24.3 Å². The summed E-state index contributed by atoms with van der Waals surface area (Å²) < 4.78 is 39.4. The summed E-state index contributed by atoms with van der Waals surface area (Å²) in [4.78, 5) is 15.8. The number of nitrogen functional groups attached to an aromatic ring is 1. The number of nitrogens with zero attached hydrogens (tertiary/aromatic N) is 3. The molecule has 0 radical (unpaired) electrons. The molecule has 0 saturated carbocycles. The van der Waals surface area contributed by atoms with Crippen molar-refractivity contribution in [3.63, 3.8) is 0 Å². The fourth-order valence-corrected chi connectivity index (χ4v) is 4.53. The number of hydrogen-bond acceptors (Lipinski definition) is 8. The van der Waals surface area contributed by atoms with E-state index in [2.05, 4.69) is 15.2 Å². The number of hydrogen-bond donors (Lipinski definition) is 2. The van der Waals surface area contributed by atoms with E-state index in [1.54, 1.807) is 42.5 Å². The fraction of sp³-hybridized carbons (Fsp3) is 0.154. The van der Waals surface area contributed by atoms with E-state index in [9.17, 15) is 17.8 Å². The molecule has 0 atom stereocenters. The number of aldehydes is 1. The van der Waals surface area contributed by atoms with Crippen molar-refractivity contribution < 1.29 is 22.5 Å². The third-order valence-electron chi connectivity index (χ3n) is 5.34. The molecule has 0 aliphatic rings. The van der Waals surface area contributed by atoms with Gasteiger partial charge in [0.1, 0.15) is 22.0 Å². The molecule has 4 rings (SSSR count). The van der Waals surface area contributed by atoms with Crippen molar-refractivity contribution in [1.29, 1.82) is 0 Å². The van der Waals surface area contributed by atoms with Gasteiger partial charge in [-0.3, -0.25) is 14.3 Å². The first-order valence-corrected chi connectivity index (χ1v) is 12.5. The first kappa shape index (κ1) is 28.4. The second kappa shape index (κ2) is 11.5. The van der Waals surface area contributed by atoms with Gasteiger partial charge in [0.2, 0.25) is 0 Å². The van der Waals surface area contributed by atoms with Crippen LogP contribution < -0.4 is 10.5 Å². The molecular formula is C26H25N4NaO5S. The Kier molecular flexibility index (Phi) is 8.83. The zero-order chi connectivity index (χ0) is 26.0. The Balaban J connectivity index is 0.00000380. The Labute approximate surface area is 236 Å². The zero-order valence-electron chi connectivity index (χ0n) is 19.8. The third-order valence-corrected chi connectivity index (χ3v) is 6.24. The Morgan fingerprint density at radius 1 is 1.05 bits per heavy atom. The summed E-state index contributed by atoms with van der Waals surface area (Å²) in [5.41, 5.74) is 9.47. The van der Waals surface area contributed by atoms with Gasteiger partial charge in [0.05, 0.1) is 29.2 Å². The topological polar surface area (TPSA) is 144 Å². The van der Waals surface area contributed by atoms with E-state index in [0.29, 0.717) is 33.6 Å². The molecular weight excluding hydrogens is 503 g/mol. The van der Waals surface area contributed by atoms with Crippen molar-refractivity contribution in [2.24, 2.45) is 10.2 Å². The van der Waals surface area contributed by atoms with Gasteiger partial charge >= 0.3 is 29.6 Å². The summed E-state index contributed by atoms with van der Waals surface area (Å²) in [6.45, 7) is 5.63. The molecule has 0 spiro atoms. The van der Waals surface area contributed by atoms with Gasteiger partial charge in [0, 0.05) is 16.3 Å². The molecule has 9 nitrogen and oxygen atoms in total. The van der Waals surface area contributed by atoms with Crippen LogP contribution >= 0.6 is 0 Å². The fourth-order valence-electron chi connectivity index (χ4n) is 3.81. The molecule has 0 aliphatic carbocycles. The molecule has 3 aromatic carbocycles. The van der Waals surface area contributed by atoms with Crippen LogP contribution in [0, 0.1) is 6.92 Å². The maximum absolute atomic E-state index is 11.9. The normalized spacial score (nSPS) is 11.6. The number of rotatable bonds is 7. The molecule has 0 fully saturated rings. The van der Waals surface area contributed by atoms with Gasteiger partial charge in [-0.15, -0.1) is 10.2 Å². The summed E-state index contributed by atoms with van der Waals surface area (Å²) in [6.07, 6.45) is 2.10. The first-order valence-electron chi connectivity index (χ1n) is 11.0. The van der Waals surface area contributed by atoms with Crippen LogP contribution in [0.4, 0.5) is 17.1 Å². The van der Waals surface area contributed by atoms with Crippen LogP contribution in [0.2, 0.25) is 0 Å². The molecule has 0 bridgehead atoms. The number of carbonyl (C=O) groups is 1. The summed E-state index contributed by atoms with van der Waals surface area (Å²) in [5.74, 6) is 0.453. The number of nitrogens with two attached hydrogens (primary N) is 1. The van der Waals surface area contributed by atoms with Gasteiger partial charge in [0.15, 0.2) is 6.29 Å². The SMILES string of the molecule is Cc1cc(C=O)c(OC(C)C)c(-c2ccc(N=Nc3cc(S(=O)(=O)O)c4ccccc4c3N)cn2)c1.[NaH]. The minimum absolute atomic E-state index is 0. The van der Waals surface area contributed by atoms with Crippen LogP contribution in [0.15, 0.2) is 75.9 Å². The van der Waals surface area contributed by atoms with Gasteiger partial charge in [-0.2, -0.15) is 8.42 Å². The average Bonchev–Trinajstić information content (AvgIpc) is 2.84. The minimum atomic E-state index is -4.52. The van der Waals surface area contributed by atoms with Crippen LogP contribution in [-0.2, 0) is 10.1 Å². The number of azo groups is 1. The second-order valence-corrected chi connectivity index (χ2v) is 9.84. The summed E-state index contributed by atoms with van der Waals surface area (Å²) >= 11 is 0. The molecule has 3 N–H and O–H groups in total. The van der Waals surface area contributed by atoms with Gasteiger partial charge in [-0.25, -0.2) is 0 Å². The van der Waals surface area contributed by atoms with Crippen molar-refractivity contribution in [2.75, 3.05) is 5.73 Å². The van der Waals surface area contributed by atoms with E-state index in [1.807, 2.05) is 26.8 Å². The van der Waals surface area contributed by atoms with Crippen molar-refractivity contribution >= 4 is 73.8 Å². The number of ether oxygens (including phenoxy) is 1. The average molecular weight is 529 g/mol. The van der Waals surface area contributed by atoms with E-state index in [-0.39, 0.29) is 57.3 Å². The van der Waals surface area contributed by atoms with Crippen LogP contribution in [0.3, 0.4) is 0 Å². The molecule has 0 unspecified atom stereocenters. The predicted molar refractivity (Wildman–Crippen MR) is 145 cm³/mol. The zero-order valence-corrected chi connectivity index (χ0v) is 20.7. The third kappa shape index (κ3) is 6.23. The number of anilines is 1. The van der Waals surface area contributed by atoms with Gasteiger partial charge in [0.25, 0.3) is 10.1 Å². The number of fused-ring (bicyclic) bond motifs is 1. The number of aromatic nitrogens is 1. The maximum atomic E-state index is 11.9. The second-order valence-electron chi connectivity index (χ2n) is 8.45. The molecule has 0 amide bonds. The molecule has 186 valence electrons. The standard InChI is InChI=1S/C26H24N4O5S.Na.H/c1-15(2)35-26-17(14-31)10-16(3)11-21(26)22-9-8-18(13-28-22)29-30-23-12-24(36(32,33)34)19-6-4-5-7-20(19)25(23)27;;/h4-15H,27H2,1-3H3,(H,32,33,34);;. The van der Waals surface area contributed by atoms with Crippen LogP contribution in [0.1, 0.15) is 29.8 Å². The number of pyridine rings is 1. The molecule has 1 aromatic heterocycles. The molecule has 11 heteroatoms.